The van der Waals surface area contributed by atoms with Gasteiger partial charge in [0, 0.05) is 25.4 Å². The third-order valence-corrected chi connectivity index (χ3v) is 3.88. The summed E-state index contributed by atoms with van der Waals surface area (Å²) in [7, 11) is 1.55. The number of carbonyl (C=O) groups excluding carboxylic acids is 1. The lowest BCUT2D eigenvalue weighted by Gasteiger charge is -2.22. The van der Waals surface area contributed by atoms with Crippen molar-refractivity contribution >= 4 is 5.91 Å². The number of methoxy groups -OCH3 is 1. The van der Waals surface area contributed by atoms with Crippen LogP contribution in [0.1, 0.15) is 18.1 Å². The predicted octanol–water partition coefficient (Wildman–Crippen LogP) is 2.92. The van der Waals surface area contributed by atoms with Crippen LogP contribution in [-0.4, -0.2) is 29.0 Å². The summed E-state index contributed by atoms with van der Waals surface area (Å²) < 4.78 is 44.2. The van der Waals surface area contributed by atoms with Crippen molar-refractivity contribution in [1.29, 1.82) is 0 Å². The quantitative estimate of drug-likeness (QED) is 0.788. The third-order valence-electron chi connectivity index (χ3n) is 3.88. The van der Waals surface area contributed by atoms with Crippen LogP contribution in [0.5, 0.6) is 5.75 Å². The van der Waals surface area contributed by atoms with Crippen LogP contribution in [-0.2, 0) is 24.1 Å². The number of carbonyl (C=O) groups is 1. The van der Waals surface area contributed by atoms with E-state index in [0.29, 0.717) is 24.6 Å². The minimum atomic E-state index is -4.58. The van der Waals surface area contributed by atoms with Crippen molar-refractivity contribution in [3.05, 3.63) is 64.1 Å². The number of ether oxygens (including phenoxy) is 1. The number of hydrogen-bond donors (Lipinski definition) is 0. The molecule has 0 saturated heterocycles. The number of alkyl halides is 3. The Bertz CT molecular complexity index is 814. The van der Waals surface area contributed by atoms with Crippen molar-refractivity contribution in [2.45, 2.75) is 26.2 Å². The standard InChI is InChI=1S/C18H19F3N2O3/c1-3-22(10-13-4-7-15(26-2)8-5-13)17(25)12-23-11-14(18(19,20)21)6-9-16(23)24/h4-9,11H,3,10,12H2,1-2H3. The topological polar surface area (TPSA) is 51.5 Å². The van der Waals surface area contributed by atoms with E-state index in [1.165, 1.54) is 4.90 Å². The van der Waals surface area contributed by atoms with E-state index in [4.69, 9.17) is 4.74 Å². The largest absolute Gasteiger partial charge is 0.497 e. The number of hydrogen-bond acceptors (Lipinski definition) is 3. The summed E-state index contributed by atoms with van der Waals surface area (Å²) >= 11 is 0. The first kappa shape index (κ1) is 19.6. The Morgan fingerprint density at radius 1 is 1.15 bits per heavy atom. The number of aromatic nitrogens is 1. The smallest absolute Gasteiger partial charge is 0.417 e. The van der Waals surface area contributed by atoms with Gasteiger partial charge in [-0.15, -0.1) is 0 Å². The molecule has 5 nitrogen and oxygen atoms in total. The highest BCUT2D eigenvalue weighted by molar-refractivity contribution is 5.76. The number of halogens is 3. The fourth-order valence-electron chi connectivity index (χ4n) is 2.40. The molecule has 0 aliphatic rings. The molecule has 1 aromatic carbocycles. The van der Waals surface area contributed by atoms with Crippen molar-refractivity contribution in [3.8, 4) is 5.75 Å². The van der Waals surface area contributed by atoms with Gasteiger partial charge in [0.25, 0.3) is 5.56 Å². The van der Waals surface area contributed by atoms with Crippen LogP contribution in [0.3, 0.4) is 0 Å². The molecular formula is C18H19F3N2O3. The van der Waals surface area contributed by atoms with Gasteiger partial charge in [-0.1, -0.05) is 12.1 Å². The van der Waals surface area contributed by atoms with E-state index in [0.717, 1.165) is 16.2 Å². The fourth-order valence-corrected chi connectivity index (χ4v) is 2.40. The third kappa shape index (κ3) is 4.87. The number of rotatable bonds is 6. The molecule has 0 saturated carbocycles. The van der Waals surface area contributed by atoms with Gasteiger partial charge in [-0.3, -0.25) is 9.59 Å². The monoisotopic (exact) mass is 368 g/mol. The molecule has 1 amide bonds. The van der Waals surface area contributed by atoms with Crippen molar-refractivity contribution in [2.75, 3.05) is 13.7 Å². The normalized spacial score (nSPS) is 11.3. The maximum absolute atomic E-state index is 12.8. The molecule has 0 radical (unpaired) electrons. The van der Waals surface area contributed by atoms with E-state index < -0.39 is 29.8 Å². The Morgan fingerprint density at radius 2 is 1.81 bits per heavy atom. The zero-order valence-electron chi connectivity index (χ0n) is 14.4. The van der Waals surface area contributed by atoms with Crippen LogP contribution in [0.2, 0.25) is 0 Å². The highest BCUT2D eigenvalue weighted by Gasteiger charge is 2.31. The van der Waals surface area contributed by atoms with E-state index in [1.54, 1.807) is 38.3 Å². The molecule has 0 fully saturated rings. The fraction of sp³-hybridized carbons (Fsp3) is 0.333. The van der Waals surface area contributed by atoms with Crippen LogP contribution in [0.4, 0.5) is 13.2 Å². The Hall–Kier alpha value is -2.77. The summed E-state index contributed by atoms with van der Waals surface area (Å²) in [6.07, 6.45) is -3.91. The van der Waals surface area contributed by atoms with Crippen LogP contribution in [0.15, 0.2) is 47.4 Å². The summed E-state index contributed by atoms with van der Waals surface area (Å²) in [4.78, 5) is 25.7. The molecule has 8 heteroatoms. The number of benzene rings is 1. The lowest BCUT2D eigenvalue weighted by atomic mass is 10.2. The van der Waals surface area contributed by atoms with Gasteiger partial charge in [0.15, 0.2) is 0 Å². The maximum atomic E-state index is 12.8. The molecule has 2 aromatic rings. The molecule has 1 heterocycles. The molecule has 0 bridgehead atoms. The first-order valence-corrected chi connectivity index (χ1v) is 7.93. The van der Waals surface area contributed by atoms with Crippen molar-refractivity contribution < 1.29 is 22.7 Å². The molecule has 0 atom stereocenters. The van der Waals surface area contributed by atoms with E-state index in [-0.39, 0.29) is 6.54 Å². The summed E-state index contributed by atoms with van der Waals surface area (Å²) in [5.41, 5.74) is -0.785. The van der Waals surface area contributed by atoms with Crippen molar-refractivity contribution in [3.63, 3.8) is 0 Å². The number of likely N-dealkylation sites (N-methyl/N-ethyl adjacent to an activating group) is 1. The van der Waals surface area contributed by atoms with Gasteiger partial charge in [-0.25, -0.2) is 0 Å². The molecule has 1 aromatic heterocycles. The van der Waals surface area contributed by atoms with Crippen LogP contribution < -0.4 is 10.3 Å². The average molecular weight is 368 g/mol. The molecule has 2 rings (SSSR count). The average Bonchev–Trinajstić information content (AvgIpc) is 2.61. The lowest BCUT2D eigenvalue weighted by molar-refractivity contribution is -0.138. The molecule has 0 N–H and O–H groups in total. The van der Waals surface area contributed by atoms with Crippen LogP contribution in [0.25, 0.3) is 0 Å². The van der Waals surface area contributed by atoms with Crippen molar-refractivity contribution in [2.24, 2.45) is 0 Å². The molecule has 0 spiro atoms. The highest BCUT2D eigenvalue weighted by atomic mass is 19.4. The summed E-state index contributed by atoms with van der Waals surface area (Å²) in [5, 5.41) is 0. The molecule has 0 aliphatic heterocycles. The van der Waals surface area contributed by atoms with Gasteiger partial charge >= 0.3 is 6.18 Å². The molecule has 0 aliphatic carbocycles. The number of amides is 1. The number of pyridine rings is 1. The van der Waals surface area contributed by atoms with Gasteiger partial charge in [0.05, 0.1) is 12.7 Å². The van der Waals surface area contributed by atoms with E-state index >= 15 is 0 Å². The Balaban J connectivity index is 2.14. The van der Waals surface area contributed by atoms with Crippen molar-refractivity contribution in [1.82, 2.24) is 9.47 Å². The summed E-state index contributed by atoms with van der Waals surface area (Å²) in [6, 6.07) is 8.63. The minimum absolute atomic E-state index is 0.285. The lowest BCUT2D eigenvalue weighted by Crippen LogP contribution is -2.36. The second-order valence-electron chi connectivity index (χ2n) is 5.64. The second-order valence-corrected chi connectivity index (χ2v) is 5.64. The molecular weight excluding hydrogens is 349 g/mol. The van der Waals surface area contributed by atoms with Gasteiger partial charge in [0.1, 0.15) is 12.3 Å². The second kappa shape index (κ2) is 8.07. The van der Waals surface area contributed by atoms with Crippen LogP contribution >= 0.6 is 0 Å². The number of nitrogens with zero attached hydrogens (tertiary/aromatic N) is 2. The molecule has 26 heavy (non-hydrogen) atoms. The zero-order chi connectivity index (χ0) is 19.3. The molecule has 140 valence electrons. The maximum Gasteiger partial charge on any atom is 0.417 e. The van der Waals surface area contributed by atoms with Gasteiger partial charge in [-0.2, -0.15) is 13.2 Å². The minimum Gasteiger partial charge on any atom is -0.497 e. The van der Waals surface area contributed by atoms with E-state index in [1.807, 2.05) is 0 Å². The first-order chi connectivity index (χ1) is 12.2. The van der Waals surface area contributed by atoms with E-state index in [2.05, 4.69) is 0 Å². The highest BCUT2D eigenvalue weighted by Crippen LogP contribution is 2.28. The Morgan fingerprint density at radius 3 is 2.35 bits per heavy atom. The van der Waals surface area contributed by atoms with E-state index in [9.17, 15) is 22.8 Å². The Kier molecular flexibility index (Phi) is 6.07. The molecule has 0 unspecified atom stereocenters. The van der Waals surface area contributed by atoms with Gasteiger partial charge in [-0.05, 0) is 30.7 Å². The zero-order valence-corrected chi connectivity index (χ0v) is 14.4. The Labute approximate surface area is 148 Å². The summed E-state index contributed by atoms with van der Waals surface area (Å²) in [6.45, 7) is 1.95. The van der Waals surface area contributed by atoms with Gasteiger partial charge < -0.3 is 14.2 Å². The first-order valence-electron chi connectivity index (χ1n) is 7.93. The van der Waals surface area contributed by atoms with Crippen LogP contribution in [0, 0.1) is 0 Å². The predicted molar refractivity (Wildman–Crippen MR) is 89.8 cm³/mol. The summed E-state index contributed by atoms with van der Waals surface area (Å²) in [5.74, 6) is 0.239. The SMILES string of the molecule is CCN(Cc1ccc(OC)cc1)C(=O)Cn1cc(C(F)(F)F)ccc1=O. The van der Waals surface area contributed by atoms with Gasteiger partial charge in [0.2, 0.25) is 5.91 Å².